The van der Waals surface area contributed by atoms with E-state index in [1.165, 1.54) is 12.7 Å². The first-order chi connectivity index (χ1) is 8.75. The van der Waals surface area contributed by atoms with Gasteiger partial charge in [0.25, 0.3) is 8.32 Å². The smallest absolute Gasteiger partial charge is 0.250 e. The lowest BCUT2D eigenvalue weighted by molar-refractivity contribution is 0.485. The van der Waals surface area contributed by atoms with Gasteiger partial charge in [0.05, 0.1) is 3.57 Å². The molecule has 0 spiro atoms. The molecule has 1 nitrogen and oxygen atoms in total. The van der Waals surface area contributed by atoms with Crippen molar-refractivity contribution in [2.75, 3.05) is 0 Å². The highest BCUT2D eigenvalue weighted by Crippen LogP contribution is 2.40. The monoisotopic (exact) mass is 516 g/mol. The molecule has 0 heterocycles. The fourth-order valence-electron chi connectivity index (χ4n) is 1.61. The van der Waals surface area contributed by atoms with Crippen LogP contribution in [0.15, 0.2) is 12.1 Å². The van der Waals surface area contributed by atoms with Crippen molar-refractivity contribution in [2.24, 2.45) is 0 Å². The third kappa shape index (κ3) is 4.35. The summed E-state index contributed by atoms with van der Waals surface area (Å²) < 4.78 is 9.05. The number of halogens is 2. The fourth-order valence-corrected chi connectivity index (χ4v) is 5.29. The van der Waals surface area contributed by atoms with E-state index in [4.69, 9.17) is 4.43 Å². The number of benzene rings is 1. The molecule has 1 aromatic carbocycles. The van der Waals surface area contributed by atoms with Crippen molar-refractivity contribution in [3.8, 4) is 5.75 Å². The molecule has 1 aromatic rings. The summed E-state index contributed by atoms with van der Waals surface area (Å²) in [6, 6.07) is 4.49. The topological polar surface area (TPSA) is 9.23 Å². The third-order valence-electron chi connectivity index (χ3n) is 4.00. The molecule has 0 N–H and O–H groups in total. The Kier molecular flexibility index (Phi) is 5.68. The Hall–Kier alpha value is 0.697. The van der Waals surface area contributed by atoms with Crippen molar-refractivity contribution in [3.05, 3.63) is 24.8 Å². The van der Waals surface area contributed by atoms with Gasteiger partial charge in [-0.2, -0.15) is 0 Å². The van der Waals surface area contributed by atoms with Gasteiger partial charge < -0.3 is 4.43 Å². The Balaban J connectivity index is 3.27. The van der Waals surface area contributed by atoms with Crippen LogP contribution in [0.3, 0.4) is 0 Å². The molecule has 0 atom stereocenters. The highest BCUT2D eigenvalue weighted by atomic mass is 127. The summed E-state index contributed by atoms with van der Waals surface area (Å²) >= 11 is 4.82. The Morgan fingerprint density at radius 3 is 1.80 bits per heavy atom. The molecule has 114 valence electrons. The zero-order chi connectivity index (χ0) is 15.9. The first-order valence-electron chi connectivity index (χ1n) is 6.94. The molecule has 0 fully saturated rings. The van der Waals surface area contributed by atoms with E-state index in [9.17, 15) is 0 Å². The fraction of sp³-hybridized carbons (Fsp3) is 0.625. The van der Waals surface area contributed by atoms with Crippen LogP contribution in [0.5, 0.6) is 5.75 Å². The molecule has 0 bridgehead atoms. The predicted molar refractivity (Wildman–Crippen MR) is 108 cm³/mol. The number of rotatable bonds is 2. The van der Waals surface area contributed by atoms with Crippen molar-refractivity contribution in [3.63, 3.8) is 0 Å². The van der Waals surface area contributed by atoms with Gasteiger partial charge in [-0.1, -0.05) is 41.5 Å². The molecular weight excluding hydrogens is 490 g/mol. The first-order valence-corrected chi connectivity index (χ1v) is 12.0. The van der Waals surface area contributed by atoms with Crippen molar-refractivity contribution in [1.82, 2.24) is 0 Å². The third-order valence-corrected chi connectivity index (χ3v) is 10.1. The lowest BCUT2D eigenvalue weighted by Gasteiger charge is -2.37. The summed E-state index contributed by atoms with van der Waals surface area (Å²) in [7, 11) is -1.78. The van der Waals surface area contributed by atoms with Gasteiger partial charge in [-0.05, 0) is 86.4 Å². The average Bonchev–Trinajstić information content (AvgIpc) is 2.18. The number of hydrogen-bond donors (Lipinski definition) is 0. The summed E-state index contributed by atoms with van der Waals surface area (Å²) in [6.07, 6.45) is 0. The van der Waals surface area contributed by atoms with E-state index in [1.807, 2.05) is 0 Å². The molecule has 0 aromatic heterocycles. The normalized spacial score (nSPS) is 13.5. The molecule has 0 aliphatic carbocycles. The summed E-state index contributed by atoms with van der Waals surface area (Å²) in [6.45, 7) is 18.2. The maximum absolute atomic E-state index is 6.52. The van der Waals surface area contributed by atoms with Gasteiger partial charge in [0.2, 0.25) is 0 Å². The van der Waals surface area contributed by atoms with Crippen LogP contribution in [-0.2, 0) is 5.41 Å². The Bertz CT molecular complexity index is 496. The van der Waals surface area contributed by atoms with Crippen LogP contribution >= 0.6 is 45.2 Å². The quantitative estimate of drug-likeness (QED) is 0.319. The number of hydrogen-bond acceptors (Lipinski definition) is 1. The van der Waals surface area contributed by atoms with Crippen molar-refractivity contribution in [1.29, 1.82) is 0 Å². The van der Waals surface area contributed by atoms with Crippen LogP contribution in [0.2, 0.25) is 18.1 Å². The van der Waals surface area contributed by atoms with Crippen LogP contribution in [0.4, 0.5) is 0 Å². The van der Waals surface area contributed by atoms with E-state index < -0.39 is 8.32 Å². The highest BCUT2D eigenvalue weighted by Gasteiger charge is 2.39. The van der Waals surface area contributed by atoms with Crippen LogP contribution in [0, 0.1) is 7.14 Å². The summed E-state index contributed by atoms with van der Waals surface area (Å²) in [5, 5.41) is 0.223. The maximum atomic E-state index is 6.52. The van der Waals surface area contributed by atoms with Gasteiger partial charge in [-0.15, -0.1) is 0 Å². The van der Waals surface area contributed by atoms with E-state index in [0.29, 0.717) is 0 Å². The second-order valence-corrected chi connectivity index (χ2v) is 14.9. The van der Waals surface area contributed by atoms with Gasteiger partial charge in [0.1, 0.15) is 5.75 Å². The van der Waals surface area contributed by atoms with E-state index in [0.717, 1.165) is 5.75 Å². The Labute approximate surface area is 152 Å². The molecular formula is C16H26I2OSi. The predicted octanol–water partition coefficient (Wildman–Crippen LogP) is 6.58. The lowest BCUT2D eigenvalue weighted by atomic mass is 9.87. The van der Waals surface area contributed by atoms with Gasteiger partial charge in [-0.25, -0.2) is 0 Å². The molecule has 0 unspecified atom stereocenters. The van der Waals surface area contributed by atoms with E-state index in [-0.39, 0.29) is 10.5 Å². The van der Waals surface area contributed by atoms with Crippen LogP contribution in [0.1, 0.15) is 47.1 Å². The van der Waals surface area contributed by atoms with Gasteiger partial charge in [0.15, 0.2) is 0 Å². The second kappa shape index (κ2) is 6.06. The van der Waals surface area contributed by atoms with Crippen LogP contribution in [-0.4, -0.2) is 8.32 Å². The van der Waals surface area contributed by atoms with Crippen LogP contribution < -0.4 is 4.43 Å². The molecule has 20 heavy (non-hydrogen) atoms. The van der Waals surface area contributed by atoms with Crippen molar-refractivity contribution < 1.29 is 4.43 Å². The first kappa shape index (κ1) is 18.7. The molecule has 0 saturated carbocycles. The SMILES string of the molecule is CC(C)(C)c1cc(O[Si](C)(C)C(C)(C)C)c(I)cc1I. The van der Waals surface area contributed by atoms with Gasteiger partial charge >= 0.3 is 0 Å². The van der Waals surface area contributed by atoms with Crippen LogP contribution in [0.25, 0.3) is 0 Å². The molecule has 0 amide bonds. The van der Waals surface area contributed by atoms with Crippen molar-refractivity contribution in [2.45, 2.75) is 65.1 Å². The lowest BCUT2D eigenvalue weighted by Crippen LogP contribution is -2.44. The van der Waals surface area contributed by atoms with E-state index >= 15 is 0 Å². The molecule has 0 radical (unpaired) electrons. The molecule has 1 rings (SSSR count). The molecule has 0 saturated heterocycles. The van der Waals surface area contributed by atoms with Gasteiger partial charge in [0, 0.05) is 3.57 Å². The Morgan fingerprint density at radius 2 is 1.40 bits per heavy atom. The second-order valence-electron chi connectivity index (χ2n) is 7.87. The zero-order valence-electron chi connectivity index (χ0n) is 13.8. The highest BCUT2D eigenvalue weighted by molar-refractivity contribution is 14.1. The molecule has 0 aliphatic heterocycles. The average molecular weight is 516 g/mol. The summed E-state index contributed by atoms with van der Waals surface area (Å²) in [5.74, 6) is 1.06. The minimum absolute atomic E-state index is 0.145. The molecule has 0 aliphatic rings. The molecule has 4 heteroatoms. The maximum Gasteiger partial charge on any atom is 0.250 e. The van der Waals surface area contributed by atoms with Gasteiger partial charge in [-0.3, -0.25) is 0 Å². The summed E-state index contributed by atoms with van der Waals surface area (Å²) in [4.78, 5) is 0. The summed E-state index contributed by atoms with van der Waals surface area (Å²) in [5.41, 5.74) is 1.51. The van der Waals surface area contributed by atoms with E-state index in [1.54, 1.807) is 0 Å². The standard InChI is InChI=1S/C16H26I2OSi/c1-15(2,3)11-9-14(13(18)10-12(11)17)19-20(7,8)16(4,5)6/h9-10H,1-8H3. The minimum Gasteiger partial charge on any atom is -0.543 e. The largest absolute Gasteiger partial charge is 0.543 e. The van der Waals surface area contributed by atoms with E-state index in [2.05, 4.69) is 112 Å². The van der Waals surface area contributed by atoms with Crippen molar-refractivity contribution >= 4 is 53.5 Å². The zero-order valence-corrected chi connectivity index (χ0v) is 19.1. The Morgan fingerprint density at radius 1 is 0.900 bits per heavy atom. The minimum atomic E-state index is -1.78.